The van der Waals surface area contributed by atoms with E-state index in [0.717, 1.165) is 82.4 Å². The molecule has 0 atom stereocenters. The Morgan fingerprint density at radius 1 is 0.795 bits per heavy atom. The fraction of sp³-hybridized carbons (Fsp3) is 0.500. The third-order valence-corrected chi connectivity index (χ3v) is 8.53. The van der Waals surface area contributed by atoms with Gasteiger partial charge in [-0.25, -0.2) is 9.97 Å². The van der Waals surface area contributed by atoms with Gasteiger partial charge in [-0.2, -0.15) is 0 Å². The van der Waals surface area contributed by atoms with Crippen LogP contribution in [0.15, 0.2) is 54.6 Å². The number of benzene rings is 2. The van der Waals surface area contributed by atoms with Crippen LogP contribution in [0.1, 0.15) is 36.1 Å². The molecule has 0 aliphatic carbocycles. The molecule has 3 aromatic rings. The van der Waals surface area contributed by atoms with Crippen LogP contribution < -0.4 is 10.2 Å². The molecule has 0 spiro atoms. The van der Waals surface area contributed by atoms with Crippen LogP contribution in [0.4, 0.5) is 11.5 Å². The van der Waals surface area contributed by atoms with Crippen molar-refractivity contribution in [1.29, 1.82) is 0 Å². The van der Waals surface area contributed by atoms with Crippen molar-refractivity contribution >= 4 is 11.5 Å². The summed E-state index contributed by atoms with van der Waals surface area (Å²) in [5.41, 5.74) is 6.22. The molecule has 0 saturated carbocycles. The van der Waals surface area contributed by atoms with Gasteiger partial charge in [0.2, 0.25) is 0 Å². The number of hydrogen-bond donors (Lipinski definition) is 1. The van der Waals surface area contributed by atoms with Gasteiger partial charge in [0.25, 0.3) is 0 Å². The molecule has 0 radical (unpaired) electrons. The molecule has 3 aliphatic rings. The highest BCUT2D eigenvalue weighted by Crippen LogP contribution is 2.29. The van der Waals surface area contributed by atoms with Crippen molar-refractivity contribution in [2.45, 2.75) is 38.8 Å². The maximum atomic E-state index is 5.16. The Bertz CT molecular complexity index is 1200. The predicted octanol–water partition coefficient (Wildman–Crippen LogP) is 4.35. The van der Waals surface area contributed by atoms with E-state index in [4.69, 9.17) is 9.97 Å². The number of aromatic nitrogens is 2. The Morgan fingerprint density at radius 3 is 2.33 bits per heavy atom. The molecule has 3 aliphatic heterocycles. The normalized spacial score (nSPS) is 18.8. The summed E-state index contributed by atoms with van der Waals surface area (Å²) in [6.45, 7) is 11.9. The lowest BCUT2D eigenvalue weighted by molar-refractivity contribution is 0.241. The summed E-state index contributed by atoms with van der Waals surface area (Å²) in [6, 6.07) is 19.7. The molecule has 39 heavy (non-hydrogen) atoms. The number of nitrogens with one attached hydrogen (secondary N) is 1. The number of likely N-dealkylation sites (N-methyl/N-ethyl adjacent to an activating group) is 1. The van der Waals surface area contributed by atoms with Crippen molar-refractivity contribution in [2.75, 3.05) is 76.2 Å². The molecule has 7 nitrogen and oxygen atoms in total. The van der Waals surface area contributed by atoms with Crippen molar-refractivity contribution in [1.82, 2.24) is 24.7 Å². The molecular formula is C32H43N7. The van der Waals surface area contributed by atoms with E-state index in [1.165, 1.54) is 55.0 Å². The summed E-state index contributed by atoms with van der Waals surface area (Å²) in [4.78, 5) is 20.2. The number of anilines is 2. The maximum Gasteiger partial charge on any atom is 0.161 e. The Hall–Kier alpha value is -3.00. The Balaban J connectivity index is 1.20. The molecule has 7 heteroatoms. The molecular weight excluding hydrogens is 482 g/mol. The van der Waals surface area contributed by atoms with Crippen LogP contribution in [0, 0.1) is 0 Å². The van der Waals surface area contributed by atoms with E-state index >= 15 is 0 Å². The van der Waals surface area contributed by atoms with Crippen LogP contribution in [-0.4, -0.2) is 90.6 Å². The molecule has 2 saturated heterocycles. The third kappa shape index (κ3) is 6.60. The smallest absolute Gasteiger partial charge is 0.161 e. The van der Waals surface area contributed by atoms with E-state index < -0.39 is 0 Å². The fourth-order valence-corrected chi connectivity index (χ4v) is 6.14. The van der Waals surface area contributed by atoms with Crippen LogP contribution in [0.3, 0.4) is 0 Å². The minimum atomic E-state index is 0.835. The van der Waals surface area contributed by atoms with Gasteiger partial charge in [-0.1, -0.05) is 30.3 Å². The van der Waals surface area contributed by atoms with Crippen LogP contribution in [-0.2, 0) is 19.5 Å². The molecule has 2 aromatic carbocycles. The van der Waals surface area contributed by atoms with Gasteiger partial charge in [0.05, 0.1) is 5.69 Å². The van der Waals surface area contributed by atoms with Crippen LogP contribution in [0.2, 0.25) is 0 Å². The van der Waals surface area contributed by atoms with E-state index in [9.17, 15) is 0 Å². The SMILES string of the molecule is CN1CCN(c2ccc(-c3nc4c(c(NCCCN5CCCC5)n3)CCN(Cc3ccccc3)C4)cc2)CC1. The molecule has 2 fully saturated rings. The van der Waals surface area contributed by atoms with Gasteiger partial charge in [0, 0.05) is 69.2 Å². The highest BCUT2D eigenvalue weighted by molar-refractivity contribution is 5.63. The number of fused-ring (bicyclic) bond motifs is 1. The van der Waals surface area contributed by atoms with Gasteiger partial charge in [0.1, 0.15) is 5.82 Å². The molecule has 4 heterocycles. The topological polar surface area (TPSA) is 50.8 Å². The molecule has 206 valence electrons. The van der Waals surface area contributed by atoms with Crippen molar-refractivity contribution in [3.05, 3.63) is 71.4 Å². The zero-order valence-electron chi connectivity index (χ0n) is 23.5. The van der Waals surface area contributed by atoms with Crippen molar-refractivity contribution in [2.24, 2.45) is 0 Å². The first-order valence-electron chi connectivity index (χ1n) is 14.9. The molecule has 1 aromatic heterocycles. The Morgan fingerprint density at radius 2 is 1.56 bits per heavy atom. The molecule has 1 N–H and O–H groups in total. The first kappa shape index (κ1) is 26.2. The van der Waals surface area contributed by atoms with E-state index in [1.807, 2.05) is 0 Å². The van der Waals surface area contributed by atoms with Crippen molar-refractivity contribution < 1.29 is 0 Å². The highest BCUT2D eigenvalue weighted by Gasteiger charge is 2.23. The molecule has 0 bridgehead atoms. The van der Waals surface area contributed by atoms with E-state index in [0.29, 0.717) is 0 Å². The van der Waals surface area contributed by atoms with Gasteiger partial charge in [-0.15, -0.1) is 0 Å². The number of hydrogen-bond acceptors (Lipinski definition) is 7. The summed E-state index contributed by atoms with van der Waals surface area (Å²) in [7, 11) is 2.20. The first-order chi connectivity index (χ1) is 19.2. The van der Waals surface area contributed by atoms with E-state index in [1.54, 1.807) is 0 Å². The monoisotopic (exact) mass is 525 g/mol. The third-order valence-electron chi connectivity index (χ3n) is 8.53. The number of likely N-dealkylation sites (tertiary alicyclic amines) is 1. The largest absolute Gasteiger partial charge is 0.370 e. The molecule has 6 rings (SSSR count). The zero-order valence-corrected chi connectivity index (χ0v) is 23.5. The van der Waals surface area contributed by atoms with Crippen molar-refractivity contribution in [3.63, 3.8) is 0 Å². The highest BCUT2D eigenvalue weighted by atomic mass is 15.2. The van der Waals surface area contributed by atoms with E-state index in [2.05, 4.69) is 86.6 Å². The maximum absolute atomic E-state index is 5.16. The standard InChI is InChI=1S/C32H43N7/c1-36-20-22-39(23-21-36)28-12-10-27(11-13-28)31-34-30-25-38(24-26-8-3-2-4-9-26)19-14-29(30)32(35-31)33-15-7-18-37-16-5-6-17-37/h2-4,8-13H,5-7,14-25H2,1H3,(H,33,34,35). The lowest BCUT2D eigenvalue weighted by Gasteiger charge is -2.34. The summed E-state index contributed by atoms with van der Waals surface area (Å²) in [5.74, 6) is 1.88. The average molecular weight is 526 g/mol. The lowest BCUT2D eigenvalue weighted by atomic mass is 10.0. The minimum Gasteiger partial charge on any atom is -0.370 e. The number of piperazine rings is 1. The van der Waals surface area contributed by atoms with Crippen molar-refractivity contribution in [3.8, 4) is 11.4 Å². The Kier molecular flexibility index (Phi) is 8.38. The van der Waals surface area contributed by atoms with Gasteiger partial charge in [-0.3, -0.25) is 4.90 Å². The second kappa shape index (κ2) is 12.5. The molecule has 0 unspecified atom stereocenters. The second-order valence-electron chi connectivity index (χ2n) is 11.4. The summed E-state index contributed by atoms with van der Waals surface area (Å²) in [5, 5.41) is 3.73. The summed E-state index contributed by atoms with van der Waals surface area (Å²) < 4.78 is 0. The zero-order chi connectivity index (χ0) is 26.4. The van der Waals surface area contributed by atoms with Crippen LogP contribution in [0.5, 0.6) is 0 Å². The number of rotatable bonds is 9. The van der Waals surface area contributed by atoms with Crippen LogP contribution >= 0.6 is 0 Å². The first-order valence-corrected chi connectivity index (χ1v) is 14.9. The van der Waals surface area contributed by atoms with Gasteiger partial charge in [0.15, 0.2) is 5.82 Å². The Labute approximate surface area is 233 Å². The number of nitrogens with zero attached hydrogens (tertiary/aromatic N) is 6. The lowest BCUT2D eigenvalue weighted by Crippen LogP contribution is -2.44. The summed E-state index contributed by atoms with van der Waals surface area (Å²) in [6.07, 6.45) is 4.83. The second-order valence-corrected chi connectivity index (χ2v) is 11.4. The quantitative estimate of drug-likeness (QED) is 0.417. The molecule has 0 amide bonds. The van der Waals surface area contributed by atoms with Crippen LogP contribution in [0.25, 0.3) is 11.4 Å². The predicted molar refractivity (Wildman–Crippen MR) is 160 cm³/mol. The van der Waals surface area contributed by atoms with E-state index in [-0.39, 0.29) is 0 Å². The fourth-order valence-electron chi connectivity index (χ4n) is 6.14. The van der Waals surface area contributed by atoms with Gasteiger partial charge >= 0.3 is 0 Å². The minimum absolute atomic E-state index is 0.835. The van der Waals surface area contributed by atoms with Gasteiger partial charge in [-0.05, 0) is 82.2 Å². The summed E-state index contributed by atoms with van der Waals surface area (Å²) >= 11 is 0. The van der Waals surface area contributed by atoms with Gasteiger partial charge < -0.3 is 20.0 Å². The average Bonchev–Trinajstić information content (AvgIpc) is 3.50.